The van der Waals surface area contributed by atoms with E-state index in [1.165, 1.54) is 40.5 Å². The molecule has 1 atom stereocenters. The molecule has 1 amide bonds. The summed E-state index contributed by atoms with van der Waals surface area (Å²) in [7, 11) is 0. The number of ketones is 1. The summed E-state index contributed by atoms with van der Waals surface area (Å²) >= 11 is 1.31. The number of hydrogen-bond donors (Lipinski definition) is 1. The molecular weight excluding hydrogens is 491 g/mol. The van der Waals surface area contributed by atoms with Crippen LogP contribution in [0.25, 0.3) is 16.0 Å². The lowest BCUT2D eigenvalue weighted by atomic mass is 9.95. The highest BCUT2D eigenvalue weighted by atomic mass is 32.1. The van der Waals surface area contributed by atoms with Crippen LogP contribution in [0.1, 0.15) is 29.7 Å². The molecular formula is C29H23FN2O4S. The van der Waals surface area contributed by atoms with Crippen LogP contribution in [0.4, 0.5) is 9.52 Å². The van der Waals surface area contributed by atoms with Gasteiger partial charge in [-0.05, 0) is 66.1 Å². The van der Waals surface area contributed by atoms with Crippen LogP contribution in [-0.4, -0.2) is 28.4 Å². The number of fused-ring (bicyclic) bond motifs is 1. The quantitative estimate of drug-likeness (QED) is 0.138. The highest BCUT2D eigenvalue weighted by Crippen LogP contribution is 2.44. The minimum Gasteiger partial charge on any atom is -0.507 e. The molecule has 0 radical (unpaired) electrons. The summed E-state index contributed by atoms with van der Waals surface area (Å²) in [5, 5.41) is 11.5. The fourth-order valence-corrected chi connectivity index (χ4v) is 5.35. The molecule has 1 fully saturated rings. The molecule has 1 N–H and O–H groups in total. The van der Waals surface area contributed by atoms with Crippen molar-refractivity contribution in [2.75, 3.05) is 11.5 Å². The Bertz CT molecular complexity index is 1540. The second-order valence-corrected chi connectivity index (χ2v) is 9.51. The van der Waals surface area contributed by atoms with Crippen LogP contribution in [0.5, 0.6) is 5.75 Å². The molecule has 0 bridgehead atoms. The van der Waals surface area contributed by atoms with E-state index >= 15 is 0 Å². The summed E-state index contributed by atoms with van der Waals surface area (Å²) in [6.45, 7) is 6.02. The average molecular weight is 515 g/mol. The molecule has 0 spiro atoms. The van der Waals surface area contributed by atoms with E-state index in [2.05, 4.69) is 18.5 Å². The second kappa shape index (κ2) is 9.99. The molecule has 1 aromatic heterocycles. The summed E-state index contributed by atoms with van der Waals surface area (Å²) in [5.74, 6) is -1.91. The van der Waals surface area contributed by atoms with E-state index in [1.807, 2.05) is 18.2 Å². The molecule has 1 aliphatic heterocycles. The Labute approximate surface area is 217 Å². The molecule has 186 valence electrons. The van der Waals surface area contributed by atoms with Gasteiger partial charge in [-0.1, -0.05) is 49.1 Å². The molecule has 0 aliphatic carbocycles. The molecule has 0 unspecified atom stereocenters. The molecule has 4 aromatic rings. The normalized spacial score (nSPS) is 16.9. The maximum atomic E-state index is 13.5. The monoisotopic (exact) mass is 514 g/mol. The number of aryl methyl sites for hydroxylation is 1. The third-order valence-corrected chi connectivity index (χ3v) is 7.20. The van der Waals surface area contributed by atoms with E-state index in [0.29, 0.717) is 28.6 Å². The van der Waals surface area contributed by atoms with E-state index in [-0.39, 0.29) is 16.9 Å². The first kappa shape index (κ1) is 24.4. The van der Waals surface area contributed by atoms with Gasteiger partial charge < -0.3 is 9.84 Å². The first-order valence-corrected chi connectivity index (χ1v) is 12.5. The minimum atomic E-state index is -0.940. The molecule has 0 saturated carbocycles. The molecule has 1 saturated heterocycles. The minimum absolute atomic E-state index is 0.0927. The number of aliphatic hydroxyl groups excluding tert-OH is 1. The number of carbonyl (C=O) groups excluding carboxylic acids is 2. The van der Waals surface area contributed by atoms with Crippen molar-refractivity contribution in [1.29, 1.82) is 0 Å². The topological polar surface area (TPSA) is 79.7 Å². The number of hydrogen-bond acceptors (Lipinski definition) is 6. The van der Waals surface area contributed by atoms with Crippen LogP contribution in [0.15, 0.2) is 85.0 Å². The lowest BCUT2D eigenvalue weighted by Gasteiger charge is -2.23. The highest BCUT2D eigenvalue weighted by Gasteiger charge is 2.48. The second-order valence-electron chi connectivity index (χ2n) is 8.50. The number of benzene rings is 3. The average Bonchev–Trinajstić information content (AvgIpc) is 3.45. The van der Waals surface area contributed by atoms with Crippen molar-refractivity contribution in [1.82, 2.24) is 4.98 Å². The van der Waals surface area contributed by atoms with Crippen LogP contribution < -0.4 is 9.64 Å². The summed E-state index contributed by atoms with van der Waals surface area (Å²) < 4.78 is 20.0. The summed E-state index contributed by atoms with van der Waals surface area (Å²) in [5.41, 5.74) is 2.57. The van der Waals surface area contributed by atoms with E-state index < -0.39 is 23.5 Å². The maximum Gasteiger partial charge on any atom is 0.301 e. The maximum absolute atomic E-state index is 13.5. The smallest absolute Gasteiger partial charge is 0.301 e. The zero-order valence-electron chi connectivity index (χ0n) is 20.0. The number of carbonyl (C=O) groups is 2. The van der Waals surface area contributed by atoms with Crippen molar-refractivity contribution >= 4 is 44.1 Å². The molecule has 37 heavy (non-hydrogen) atoms. The first-order chi connectivity index (χ1) is 17.9. The highest BCUT2D eigenvalue weighted by molar-refractivity contribution is 7.22. The van der Waals surface area contributed by atoms with Gasteiger partial charge in [-0.2, -0.15) is 0 Å². The van der Waals surface area contributed by atoms with E-state index in [1.54, 1.807) is 30.3 Å². The van der Waals surface area contributed by atoms with Gasteiger partial charge >= 0.3 is 5.91 Å². The molecule has 3 aromatic carbocycles. The Morgan fingerprint density at radius 2 is 1.86 bits per heavy atom. The summed E-state index contributed by atoms with van der Waals surface area (Å²) in [4.78, 5) is 32.7. The predicted molar refractivity (Wildman–Crippen MR) is 142 cm³/mol. The zero-order chi connectivity index (χ0) is 26.1. The van der Waals surface area contributed by atoms with Gasteiger partial charge in [0.05, 0.1) is 21.8 Å². The molecule has 5 rings (SSSR count). The number of halogens is 1. The number of ether oxygens (including phenoxy) is 1. The van der Waals surface area contributed by atoms with Crippen molar-refractivity contribution in [3.05, 3.63) is 107 Å². The Hall–Kier alpha value is -4.30. The van der Waals surface area contributed by atoms with E-state index in [4.69, 9.17) is 4.74 Å². The largest absolute Gasteiger partial charge is 0.507 e. The fraction of sp³-hybridized carbons (Fsp3) is 0.138. The lowest BCUT2D eigenvalue weighted by Crippen LogP contribution is -2.29. The van der Waals surface area contributed by atoms with Crippen LogP contribution in [0.3, 0.4) is 0 Å². The standard InChI is InChI=1S/C29H23FN2O4S/c1-3-15-36-21-12-8-18(9-13-21)25-24(26(33)19-6-10-20(30)11-7-19)27(34)28(35)32(25)29-31-22-14-5-17(4-2)16-23(22)37-29/h3,5-14,16,25,33H,1,4,15H2,2H3/b26-24+/t25-/m0/s1. The van der Waals surface area contributed by atoms with Crippen LogP contribution in [0, 0.1) is 5.82 Å². The number of Topliss-reactive ketones (excluding diaryl/α,β-unsaturated/α-hetero) is 1. The number of aromatic nitrogens is 1. The van der Waals surface area contributed by atoms with Crippen LogP contribution in [0.2, 0.25) is 0 Å². The van der Waals surface area contributed by atoms with Gasteiger partial charge in [0.2, 0.25) is 0 Å². The SMILES string of the molecule is C=CCOc1ccc([C@H]2/C(=C(\O)c3ccc(F)cc3)C(=O)C(=O)N2c2nc3ccc(CC)cc3s2)cc1. The van der Waals surface area contributed by atoms with Crippen LogP contribution >= 0.6 is 11.3 Å². The Morgan fingerprint density at radius 3 is 2.54 bits per heavy atom. The molecule has 1 aliphatic rings. The van der Waals surface area contributed by atoms with Crippen molar-refractivity contribution < 1.29 is 23.8 Å². The summed E-state index contributed by atoms with van der Waals surface area (Å²) in [6, 6.07) is 17.0. The predicted octanol–water partition coefficient (Wildman–Crippen LogP) is 6.19. The van der Waals surface area contributed by atoms with Gasteiger partial charge in [0.25, 0.3) is 5.78 Å². The molecule has 2 heterocycles. The molecule has 6 nitrogen and oxygen atoms in total. The van der Waals surface area contributed by atoms with Crippen LogP contribution in [-0.2, 0) is 16.0 Å². The van der Waals surface area contributed by atoms with E-state index in [9.17, 15) is 19.1 Å². The Kier molecular flexibility index (Phi) is 6.58. The van der Waals surface area contributed by atoms with Crippen molar-refractivity contribution in [3.63, 3.8) is 0 Å². The zero-order valence-corrected chi connectivity index (χ0v) is 20.8. The number of amides is 1. The fourth-order valence-electron chi connectivity index (χ4n) is 4.29. The lowest BCUT2D eigenvalue weighted by molar-refractivity contribution is -0.132. The number of nitrogens with zero attached hydrogens (tertiary/aromatic N) is 2. The summed E-state index contributed by atoms with van der Waals surface area (Å²) in [6.07, 6.45) is 2.48. The van der Waals surface area contributed by atoms with Crippen molar-refractivity contribution in [2.24, 2.45) is 0 Å². The molecule has 8 heteroatoms. The van der Waals surface area contributed by atoms with Gasteiger partial charge in [-0.15, -0.1) is 0 Å². The van der Waals surface area contributed by atoms with Crippen molar-refractivity contribution in [2.45, 2.75) is 19.4 Å². The van der Waals surface area contributed by atoms with Crippen molar-refractivity contribution in [3.8, 4) is 5.75 Å². The first-order valence-electron chi connectivity index (χ1n) is 11.7. The number of anilines is 1. The number of aliphatic hydroxyl groups is 1. The van der Waals surface area contributed by atoms with Gasteiger partial charge in [0.1, 0.15) is 23.9 Å². The van der Waals surface area contributed by atoms with Gasteiger partial charge in [-0.25, -0.2) is 9.37 Å². The Balaban J connectivity index is 1.67. The van der Waals surface area contributed by atoms with Gasteiger partial charge in [0.15, 0.2) is 5.13 Å². The van der Waals surface area contributed by atoms with E-state index in [0.717, 1.165) is 16.7 Å². The number of thiazole rings is 1. The van der Waals surface area contributed by atoms with Gasteiger partial charge in [-0.3, -0.25) is 14.5 Å². The third kappa shape index (κ3) is 4.51. The number of rotatable bonds is 7. The third-order valence-electron chi connectivity index (χ3n) is 6.18. The Morgan fingerprint density at radius 1 is 1.14 bits per heavy atom. The van der Waals surface area contributed by atoms with Gasteiger partial charge in [0, 0.05) is 5.56 Å².